The molecule has 0 saturated heterocycles. The fourth-order valence-corrected chi connectivity index (χ4v) is 2.82. The molecule has 3 heteroatoms. The lowest BCUT2D eigenvalue weighted by Gasteiger charge is -2.02. The molecule has 0 saturated carbocycles. The monoisotopic (exact) mass is 302 g/mol. The third-order valence-electron chi connectivity index (χ3n) is 2.88. The third kappa shape index (κ3) is 6.78. The zero-order valence-corrected chi connectivity index (χ0v) is 13.3. The highest BCUT2D eigenvalue weighted by Crippen LogP contribution is 2.45. The number of allylic oxidation sites excluding steroid dienone is 2. The molecule has 0 unspecified atom stereocenters. The summed E-state index contributed by atoms with van der Waals surface area (Å²) >= 11 is 11.7. The van der Waals surface area contributed by atoms with Gasteiger partial charge in [-0.05, 0) is 24.8 Å². The fraction of sp³-hybridized carbons (Fsp3) is 0.467. The maximum absolute atomic E-state index is 5.86. The van der Waals surface area contributed by atoms with Crippen LogP contribution in [0.5, 0.6) is 0 Å². The lowest BCUT2D eigenvalue weighted by Crippen LogP contribution is -1.94. The third-order valence-corrected chi connectivity index (χ3v) is 4.74. The predicted molar refractivity (Wildman–Crippen MR) is 86.3 cm³/mol. The summed E-state index contributed by atoms with van der Waals surface area (Å²) in [6, 6.07) is 8.26. The minimum atomic E-state index is -1.01. The van der Waals surface area contributed by atoms with Crippen molar-refractivity contribution in [2.75, 3.05) is 0 Å². The van der Waals surface area contributed by atoms with Crippen molar-refractivity contribution in [3.63, 3.8) is 0 Å². The van der Waals surface area contributed by atoms with Gasteiger partial charge in [-0.15, -0.1) is 0 Å². The highest BCUT2D eigenvalue weighted by molar-refractivity contribution is 8.08. The molecule has 0 aliphatic carbocycles. The van der Waals surface area contributed by atoms with Crippen molar-refractivity contribution in [2.24, 2.45) is 0 Å². The summed E-state index contributed by atoms with van der Waals surface area (Å²) in [7, 11) is 0. The Morgan fingerprint density at radius 2 is 1.72 bits per heavy atom. The lowest BCUT2D eigenvalue weighted by atomic mass is 10.1. The first-order valence-electron chi connectivity index (χ1n) is 6.59. The molecule has 0 amide bonds. The maximum Gasteiger partial charge on any atom is 0.116 e. The van der Waals surface area contributed by atoms with Crippen molar-refractivity contribution in [3.8, 4) is 0 Å². The van der Waals surface area contributed by atoms with E-state index in [0.29, 0.717) is 0 Å². The molecule has 0 atom stereocenters. The SMILES string of the molecule is CCCCCCC=CCc1ccc(P(Cl)Cl)cc1. The van der Waals surface area contributed by atoms with Crippen LogP contribution in [0.15, 0.2) is 36.4 Å². The average molecular weight is 303 g/mol. The summed E-state index contributed by atoms with van der Waals surface area (Å²) in [5.41, 5.74) is 1.31. The summed E-state index contributed by atoms with van der Waals surface area (Å²) in [5.74, 6) is 0. The Morgan fingerprint density at radius 3 is 2.33 bits per heavy atom. The lowest BCUT2D eigenvalue weighted by molar-refractivity contribution is 0.674. The van der Waals surface area contributed by atoms with Crippen molar-refractivity contribution in [3.05, 3.63) is 42.0 Å². The first kappa shape index (κ1) is 16.0. The van der Waals surface area contributed by atoms with Crippen LogP contribution in [0.1, 0.15) is 44.6 Å². The first-order valence-corrected chi connectivity index (χ1v) is 9.75. The predicted octanol–water partition coefficient (Wildman–Crippen LogP) is 6.17. The highest BCUT2D eigenvalue weighted by Gasteiger charge is 2.01. The molecule has 0 nitrogen and oxygen atoms in total. The number of hydrogen-bond acceptors (Lipinski definition) is 0. The van der Waals surface area contributed by atoms with Crippen LogP contribution in [0, 0.1) is 0 Å². The Morgan fingerprint density at radius 1 is 1.00 bits per heavy atom. The van der Waals surface area contributed by atoms with E-state index in [2.05, 4.69) is 31.2 Å². The molecule has 100 valence electrons. The standard InChI is InChI=1S/C15H21Cl2P/c1-2-3-4-5-6-7-8-9-14-10-12-15(13-11-14)18(16)17/h7-8,10-13H,2-6,9H2,1H3. The van der Waals surface area contributed by atoms with E-state index >= 15 is 0 Å². The van der Waals surface area contributed by atoms with Gasteiger partial charge in [-0.1, -0.05) is 85.1 Å². The van der Waals surface area contributed by atoms with Gasteiger partial charge < -0.3 is 0 Å². The van der Waals surface area contributed by atoms with E-state index in [4.69, 9.17) is 22.5 Å². The molecule has 0 spiro atoms. The Hall–Kier alpha value is -0.0300. The molecule has 0 aliphatic heterocycles. The number of hydrogen-bond donors (Lipinski definition) is 0. The molecule has 0 radical (unpaired) electrons. The van der Waals surface area contributed by atoms with E-state index in [9.17, 15) is 0 Å². The van der Waals surface area contributed by atoms with E-state index < -0.39 is 6.63 Å². The second-order valence-electron chi connectivity index (χ2n) is 4.42. The smallest absolute Gasteiger partial charge is 0.0882 e. The van der Waals surface area contributed by atoms with Gasteiger partial charge in [0.1, 0.15) is 6.63 Å². The Bertz CT molecular complexity index is 344. The molecule has 0 fully saturated rings. The van der Waals surface area contributed by atoms with E-state index in [1.165, 1.54) is 37.7 Å². The average Bonchev–Trinajstić information content (AvgIpc) is 2.38. The van der Waals surface area contributed by atoms with Gasteiger partial charge in [0.25, 0.3) is 0 Å². The Labute approximate surface area is 122 Å². The summed E-state index contributed by atoms with van der Waals surface area (Å²) in [6.07, 6.45) is 12.1. The quantitative estimate of drug-likeness (QED) is 0.306. The largest absolute Gasteiger partial charge is 0.116 e. The van der Waals surface area contributed by atoms with Gasteiger partial charge in [-0.3, -0.25) is 0 Å². The van der Waals surface area contributed by atoms with Crippen molar-refractivity contribution in [1.29, 1.82) is 0 Å². The van der Waals surface area contributed by atoms with E-state index in [1.54, 1.807) is 0 Å². The van der Waals surface area contributed by atoms with Crippen molar-refractivity contribution in [2.45, 2.75) is 45.4 Å². The van der Waals surface area contributed by atoms with Gasteiger partial charge in [-0.2, -0.15) is 0 Å². The van der Waals surface area contributed by atoms with Crippen LogP contribution < -0.4 is 5.30 Å². The second-order valence-corrected chi connectivity index (χ2v) is 7.95. The van der Waals surface area contributed by atoms with Gasteiger partial charge in [0.05, 0.1) is 0 Å². The van der Waals surface area contributed by atoms with Gasteiger partial charge in [0.15, 0.2) is 0 Å². The molecular formula is C15H21Cl2P. The zero-order chi connectivity index (χ0) is 13.2. The van der Waals surface area contributed by atoms with E-state index in [1.807, 2.05) is 12.1 Å². The van der Waals surface area contributed by atoms with E-state index in [0.717, 1.165) is 11.7 Å². The number of unbranched alkanes of at least 4 members (excludes halogenated alkanes) is 4. The first-order chi connectivity index (χ1) is 8.74. The summed E-state index contributed by atoms with van der Waals surface area (Å²) in [4.78, 5) is 0. The summed E-state index contributed by atoms with van der Waals surface area (Å²) in [5, 5.41) is 1.03. The number of benzene rings is 1. The van der Waals surface area contributed by atoms with Crippen LogP contribution in [0.2, 0.25) is 0 Å². The van der Waals surface area contributed by atoms with Crippen molar-refractivity contribution >= 4 is 34.4 Å². The van der Waals surface area contributed by atoms with Crippen LogP contribution in [0.3, 0.4) is 0 Å². The molecule has 0 aliphatic rings. The Balaban J connectivity index is 2.24. The minimum absolute atomic E-state index is 0.997. The number of rotatable bonds is 8. The van der Waals surface area contributed by atoms with Gasteiger partial charge in [0, 0.05) is 5.30 Å². The van der Waals surface area contributed by atoms with Gasteiger partial charge in [0.2, 0.25) is 0 Å². The molecular weight excluding hydrogens is 282 g/mol. The van der Waals surface area contributed by atoms with Gasteiger partial charge in [-0.25, -0.2) is 0 Å². The Kier molecular flexibility index (Phi) is 8.76. The van der Waals surface area contributed by atoms with Crippen LogP contribution in [-0.4, -0.2) is 0 Å². The van der Waals surface area contributed by atoms with Crippen LogP contribution in [-0.2, 0) is 6.42 Å². The molecule has 18 heavy (non-hydrogen) atoms. The zero-order valence-electron chi connectivity index (χ0n) is 10.9. The minimum Gasteiger partial charge on any atom is -0.0882 e. The van der Waals surface area contributed by atoms with Crippen molar-refractivity contribution in [1.82, 2.24) is 0 Å². The summed E-state index contributed by atoms with van der Waals surface area (Å²) < 4.78 is 0. The maximum atomic E-state index is 5.86. The molecule has 0 aromatic heterocycles. The molecule has 0 heterocycles. The van der Waals surface area contributed by atoms with Crippen LogP contribution >= 0.6 is 29.1 Å². The van der Waals surface area contributed by atoms with Crippen molar-refractivity contribution < 1.29 is 0 Å². The fourth-order valence-electron chi connectivity index (χ4n) is 1.77. The topological polar surface area (TPSA) is 0 Å². The molecule has 0 N–H and O–H groups in total. The number of halogens is 2. The molecule has 0 bridgehead atoms. The second kappa shape index (κ2) is 9.84. The van der Waals surface area contributed by atoms with Crippen LogP contribution in [0.25, 0.3) is 0 Å². The normalized spacial score (nSPS) is 11.6. The molecule has 1 rings (SSSR count). The summed E-state index contributed by atoms with van der Waals surface area (Å²) in [6.45, 7) is 1.24. The van der Waals surface area contributed by atoms with E-state index in [-0.39, 0.29) is 0 Å². The molecule has 1 aromatic rings. The molecule has 1 aromatic carbocycles. The van der Waals surface area contributed by atoms with Crippen LogP contribution in [0.4, 0.5) is 0 Å². The van der Waals surface area contributed by atoms with Gasteiger partial charge >= 0.3 is 0 Å². The highest BCUT2D eigenvalue weighted by atomic mass is 35.9.